The summed E-state index contributed by atoms with van der Waals surface area (Å²) in [5.74, 6) is 2.48. The van der Waals surface area contributed by atoms with E-state index in [1.54, 1.807) is 7.11 Å². The van der Waals surface area contributed by atoms with Crippen LogP contribution in [0.15, 0.2) is 18.2 Å². The average Bonchev–Trinajstić information content (AvgIpc) is 3.21. The van der Waals surface area contributed by atoms with Crippen molar-refractivity contribution in [1.29, 1.82) is 0 Å². The van der Waals surface area contributed by atoms with Crippen molar-refractivity contribution in [2.45, 2.75) is 32.1 Å². The number of hydrogen-bond donors (Lipinski definition) is 1. The Kier molecular flexibility index (Phi) is 4.88. The molecule has 3 nitrogen and oxygen atoms in total. The van der Waals surface area contributed by atoms with Crippen molar-refractivity contribution in [2.24, 2.45) is 11.7 Å². The van der Waals surface area contributed by atoms with Gasteiger partial charge in [0.1, 0.15) is 0 Å². The third-order valence-electron chi connectivity index (χ3n) is 3.32. The maximum absolute atomic E-state index is 5.79. The fourth-order valence-corrected chi connectivity index (χ4v) is 1.95. The molecule has 0 aliphatic heterocycles. The number of nitrogens with two attached hydrogens (primary N) is 1. The lowest BCUT2D eigenvalue weighted by Gasteiger charge is -2.12. The second kappa shape index (κ2) is 6.64. The standard InChI is InChI=1S/C15H23NO2/c1-17-15-10-12(4-2-3-9-16)7-8-14(15)18-11-13-5-6-13/h7-8,10,13H,2-6,9,11,16H2,1H3. The van der Waals surface area contributed by atoms with E-state index in [1.807, 2.05) is 6.07 Å². The van der Waals surface area contributed by atoms with E-state index in [0.717, 1.165) is 49.8 Å². The third kappa shape index (κ3) is 3.91. The first-order chi connectivity index (χ1) is 8.83. The zero-order valence-corrected chi connectivity index (χ0v) is 11.2. The van der Waals surface area contributed by atoms with Crippen molar-refractivity contribution in [3.05, 3.63) is 23.8 Å². The van der Waals surface area contributed by atoms with Crippen LogP contribution in [-0.4, -0.2) is 20.3 Å². The smallest absolute Gasteiger partial charge is 0.161 e. The van der Waals surface area contributed by atoms with Crippen molar-refractivity contribution in [1.82, 2.24) is 0 Å². The molecule has 0 amide bonds. The van der Waals surface area contributed by atoms with Crippen molar-refractivity contribution in [3.63, 3.8) is 0 Å². The fraction of sp³-hybridized carbons (Fsp3) is 0.600. The minimum absolute atomic E-state index is 0.763. The number of hydrogen-bond acceptors (Lipinski definition) is 3. The number of aryl methyl sites for hydroxylation is 1. The molecule has 18 heavy (non-hydrogen) atoms. The quantitative estimate of drug-likeness (QED) is 0.720. The molecule has 100 valence electrons. The number of ether oxygens (including phenoxy) is 2. The molecule has 1 fully saturated rings. The molecule has 1 aliphatic rings. The Labute approximate surface area is 109 Å². The molecule has 3 heteroatoms. The number of methoxy groups -OCH3 is 1. The molecular weight excluding hydrogens is 226 g/mol. The second-order valence-electron chi connectivity index (χ2n) is 4.99. The molecule has 0 atom stereocenters. The summed E-state index contributed by atoms with van der Waals surface area (Å²) >= 11 is 0. The normalized spacial score (nSPS) is 14.6. The van der Waals surface area contributed by atoms with Crippen LogP contribution in [0.4, 0.5) is 0 Å². The van der Waals surface area contributed by atoms with Crippen LogP contribution in [0.2, 0.25) is 0 Å². The molecule has 1 aromatic rings. The van der Waals surface area contributed by atoms with Gasteiger partial charge in [0.05, 0.1) is 13.7 Å². The van der Waals surface area contributed by atoms with E-state index >= 15 is 0 Å². The van der Waals surface area contributed by atoms with Gasteiger partial charge in [0.2, 0.25) is 0 Å². The highest BCUT2D eigenvalue weighted by molar-refractivity contribution is 5.43. The first kappa shape index (κ1) is 13.2. The summed E-state index contributed by atoms with van der Waals surface area (Å²) in [6.07, 6.45) is 5.86. The lowest BCUT2D eigenvalue weighted by atomic mass is 10.1. The van der Waals surface area contributed by atoms with Crippen molar-refractivity contribution in [3.8, 4) is 11.5 Å². The van der Waals surface area contributed by atoms with Crippen LogP contribution in [0.3, 0.4) is 0 Å². The Morgan fingerprint density at radius 3 is 2.72 bits per heavy atom. The van der Waals surface area contributed by atoms with Gasteiger partial charge in [-0.05, 0) is 62.3 Å². The van der Waals surface area contributed by atoms with E-state index in [4.69, 9.17) is 15.2 Å². The third-order valence-corrected chi connectivity index (χ3v) is 3.32. The van der Waals surface area contributed by atoms with Gasteiger partial charge in [0, 0.05) is 0 Å². The highest BCUT2D eigenvalue weighted by Gasteiger charge is 2.22. The molecule has 1 aliphatic carbocycles. The van der Waals surface area contributed by atoms with Crippen LogP contribution in [0.25, 0.3) is 0 Å². The Hall–Kier alpha value is -1.22. The summed E-state index contributed by atoms with van der Waals surface area (Å²) in [7, 11) is 1.70. The van der Waals surface area contributed by atoms with E-state index in [-0.39, 0.29) is 0 Å². The molecule has 0 spiro atoms. The summed E-state index contributed by atoms with van der Waals surface area (Å²) < 4.78 is 11.2. The number of unbranched alkanes of at least 4 members (excludes halogenated alkanes) is 1. The summed E-state index contributed by atoms with van der Waals surface area (Å²) in [4.78, 5) is 0. The minimum atomic E-state index is 0.763. The molecule has 0 heterocycles. The molecule has 2 N–H and O–H groups in total. The van der Waals surface area contributed by atoms with Gasteiger partial charge in [-0.25, -0.2) is 0 Å². The van der Waals surface area contributed by atoms with Crippen LogP contribution in [-0.2, 0) is 6.42 Å². The molecule has 0 radical (unpaired) electrons. The van der Waals surface area contributed by atoms with Crippen LogP contribution in [0, 0.1) is 5.92 Å². The summed E-state index contributed by atoms with van der Waals surface area (Å²) in [5.41, 5.74) is 6.79. The Morgan fingerprint density at radius 2 is 2.06 bits per heavy atom. The predicted molar refractivity (Wildman–Crippen MR) is 73.2 cm³/mol. The van der Waals surface area contributed by atoms with E-state index in [1.165, 1.54) is 18.4 Å². The lowest BCUT2D eigenvalue weighted by Crippen LogP contribution is -2.02. The number of rotatable bonds is 8. The van der Waals surface area contributed by atoms with Gasteiger partial charge < -0.3 is 15.2 Å². The Bertz CT molecular complexity index is 375. The van der Waals surface area contributed by atoms with Gasteiger partial charge in [-0.2, -0.15) is 0 Å². The zero-order chi connectivity index (χ0) is 12.8. The first-order valence-corrected chi connectivity index (χ1v) is 6.83. The molecule has 1 aromatic carbocycles. The minimum Gasteiger partial charge on any atom is -0.493 e. The SMILES string of the molecule is COc1cc(CCCCN)ccc1OCC1CC1. The molecule has 0 unspecified atom stereocenters. The van der Waals surface area contributed by atoms with E-state index in [2.05, 4.69) is 12.1 Å². The molecule has 2 rings (SSSR count). The molecule has 1 saturated carbocycles. The largest absolute Gasteiger partial charge is 0.493 e. The van der Waals surface area contributed by atoms with E-state index in [0.29, 0.717) is 0 Å². The first-order valence-electron chi connectivity index (χ1n) is 6.83. The Morgan fingerprint density at radius 1 is 1.22 bits per heavy atom. The van der Waals surface area contributed by atoms with E-state index < -0.39 is 0 Å². The highest BCUT2D eigenvalue weighted by atomic mass is 16.5. The maximum atomic E-state index is 5.79. The van der Waals surface area contributed by atoms with Crippen LogP contribution < -0.4 is 15.2 Å². The number of benzene rings is 1. The van der Waals surface area contributed by atoms with Crippen molar-refractivity contribution < 1.29 is 9.47 Å². The van der Waals surface area contributed by atoms with Crippen LogP contribution >= 0.6 is 0 Å². The van der Waals surface area contributed by atoms with Gasteiger partial charge in [-0.3, -0.25) is 0 Å². The lowest BCUT2D eigenvalue weighted by molar-refractivity contribution is 0.280. The summed E-state index contributed by atoms with van der Waals surface area (Å²) in [6.45, 7) is 1.59. The van der Waals surface area contributed by atoms with Gasteiger partial charge in [-0.1, -0.05) is 6.07 Å². The predicted octanol–water partition coefficient (Wildman–Crippen LogP) is 2.77. The monoisotopic (exact) mass is 249 g/mol. The van der Waals surface area contributed by atoms with Gasteiger partial charge in [0.25, 0.3) is 0 Å². The highest BCUT2D eigenvalue weighted by Crippen LogP contribution is 2.33. The van der Waals surface area contributed by atoms with Crippen LogP contribution in [0.5, 0.6) is 11.5 Å². The van der Waals surface area contributed by atoms with Crippen molar-refractivity contribution >= 4 is 0 Å². The average molecular weight is 249 g/mol. The van der Waals surface area contributed by atoms with Gasteiger partial charge >= 0.3 is 0 Å². The van der Waals surface area contributed by atoms with E-state index in [9.17, 15) is 0 Å². The van der Waals surface area contributed by atoms with Gasteiger partial charge in [-0.15, -0.1) is 0 Å². The zero-order valence-electron chi connectivity index (χ0n) is 11.2. The summed E-state index contributed by atoms with van der Waals surface area (Å²) in [5, 5.41) is 0. The maximum Gasteiger partial charge on any atom is 0.161 e. The molecular formula is C15H23NO2. The molecule has 0 saturated heterocycles. The second-order valence-corrected chi connectivity index (χ2v) is 4.99. The summed E-state index contributed by atoms with van der Waals surface area (Å²) in [6, 6.07) is 6.24. The molecule has 0 aromatic heterocycles. The topological polar surface area (TPSA) is 44.5 Å². The van der Waals surface area contributed by atoms with Crippen LogP contribution in [0.1, 0.15) is 31.2 Å². The fourth-order valence-electron chi connectivity index (χ4n) is 1.95. The Balaban J connectivity index is 1.92. The molecule has 0 bridgehead atoms. The van der Waals surface area contributed by atoms with Gasteiger partial charge in [0.15, 0.2) is 11.5 Å². The van der Waals surface area contributed by atoms with Crippen molar-refractivity contribution in [2.75, 3.05) is 20.3 Å².